The SMILES string of the molecule is COOC(C)(OC)C(O)(OC)OC. The van der Waals surface area contributed by atoms with Crippen LogP contribution in [0.5, 0.6) is 0 Å². The molecule has 0 aliphatic heterocycles. The first-order valence-corrected chi connectivity index (χ1v) is 3.59. The van der Waals surface area contributed by atoms with E-state index < -0.39 is 11.8 Å². The molecule has 6 nitrogen and oxygen atoms in total. The highest BCUT2D eigenvalue weighted by Crippen LogP contribution is 2.28. The summed E-state index contributed by atoms with van der Waals surface area (Å²) >= 11 is 0. The second-order valence-electron chi connectivity index (χ2n) is 2.39. The summed E-state index contributed by atoms with van der Waals surface area (Å²) in [5.74, 6) is -3.59. The highest BCUT2D eigenvalue weighted by atomic mass is 17.2. The highest BCUT2D eigenvalue weighted by Gasteiger charge is 2.52. The second-order valence-corrected chi connectivity index (χ2v) is 2.39. The van der Waals surface area contributed by atoms with Crippen LogP contribution in [-0.4, -0.2) is 45.3 Å². The van der Waals surface area contributed by atoms with Crippen molar-refractivity contribution in [3.63, 3.8) is 0 Å². The lowest BCUT2D eigenvalue weighted by Gasteiger charge is -2.38. The fourth-order valence-corrected chi connectivity index (χ4v) is 0.829. The Kier molecular flexibility index (Phi) is 4.76. The Balaban J connectivity index is 4.68. The lowest BCUT2D eigenvalue weighted by Crippen LogP contribution is -2.57. The monoisotopic (exact) mass is 196 g/mol. The van der Waals surface area contributed by atoms with Crippen molar-refractivity contribution in [2.75, 3.05) is 28.4 Å². The molecular formula is C7H16O6. The van der Waals surface area contributed by atoms with E-state index in [0.29, 0.717) is 0 Å². The lowest BCUT2D eigenvalue weighted by atomic mass is 10.2. The zero-order valence-electron chi connectivity index (χ0n) is 8.49. The molecular weight excluding hydrogens is 180 g/mol. The second kappa shape index (κ2) is 4.85. The van der Waals surface area contributed by atoms with Gasteiger partial charge in [-0.05, 0) is 0 Å². The molecule has 0 aromatic carbocycles. The van der Waals surface area contributed by atoms with Crippen molar-refractivity contribution >= 4 is 0 Å². The molecule has 0 amide bonds. The van der Waals surface area contributed by atoms with E-state index in [1.807, 2.05) is 0 Å². The largest absolute Gasteiger partial charge is 0.345 e. The Morgan fingerprint density at radius 3 is 1.62 bits per heavy atom. The molecule has 6 heteroatoms. The molecule has 0 rings (SSSR count). The molecule has 0 aliphatic carbocycles. The van der Waals surface area contributed by atoms with Crippen LogP contribution >= 0.6 is 0 Å². The van der Waals surface area contributed by atoms with Crippen LogP contribution in [0, 0.1) is 0 Å². The third-order valence-electron chi connectivity index (χ3n) is 1.76. The predicted octanol–water partition coefficient (Wildman–Crippen LogP) is -0.134. The van der Waals surface area contributed by atoms with E-state index in [1.54, 1.807) is 0 Å². The molecule has 1 atom stereocenters. The summed E-state index contributed by atoms with van der Waals surface area (Å²) in [6.07, 6.45) is 0. The number of hydrogen-bond acceptors (Lipinski definition) is 6. The van der Waals surface area contributed by atoms with Gasteiger partial charge in [-0.25, -0.2) is 4.89 Å². The molecule has 1 unspecified atom stereocenters. The van der Waals surface area contributed by atoms with Crippen LogP contribution in [-0.2, 0) is 24.0 Å². The van der Waals surface area contributed by atoms with Crippen molar-refractivity contribution in [1.82, 2.24) is 0 Å². The minimum Gasteiger partial charge on any atom is -0.345 e. The number of hydrogen-bond donors (Lipinski definition) is 1. The molecule has 13 heavy (non-hydrogen) atoms. The topological polar surface area (TPSA) is 66.4 Å². The molecule has 1 N–H and O–H groups in total. The van der Waals surface area contributed by atoms with E-state index >= 15 is 0 Å². The van der Waals surface area contributed by atoms with Crippen LogP contribution in [0.4, 0.5) is 0 Å². The predicted molar refractivity (Wildman–Crippen MR) is 42.5 cm³/mol. The average molecular weight is 196 g/mol. The fraction of sp³-hybridized carbons (Fsp3) is 1.00. The maximum atomic E-state index is 9.70. The van der Waals surface area contributed by atoms with Gasteiger partial charge in [-0.15, -0.1) is 0 Å². The van der Waals surface area contributed by atoms with Gasteiger partial charge in [0.2, 0.25) is 0 Å². The van der Waals surface area contributed by atoms with Crippen molar-refractivity contribution in [3.05, 3.63) is 0 Å². The van der Waals surface area contributed by atoms with Crippen molar-refractivity contribution in [2.45, 2.75) is 18.7 Å². The molecule has 0 fully saturated rings. The van der Waals surface area contributed by atoms with Gasteiger partial charge in [0.1, 0.15) is 0 Å². The number of rotatable bonds is 6. The first kappa shape index (κ1) is 12.8. The summed E-state index contributed by atoms with van der Waals surface area (Å²) < 4.78 is 14.3. The maximum absolute atomic E-state index is 9.70. The Hall–Kier alpha value is -0.240. The normalized spacial score (nSPS) is 17.1. The number of ether oxygens (including phenoxy) is 3. The van der Waals surface area contributed by atoms with Crippen molar-refractivity contribution < 1.29 is 29.1 Å². The van der Waals surface area contributed by atoms with Gasteiger partial charge in [-0.1, -0.05) is 0 Å². The quantitative estimate of drug-likeness (QED) is 0.362. The third kappa shape index (κ3) is 2.37. The zero-order chi connectivity index (χ0) is 10.5. The van der Waals surface area contributed by atoms with Gasteiger partial charge < -0.3 is 19.3 Å². The fourth-order valence-electron chi connectivity index (χ4n) is 0.829. The van der Waals surface area contributed by atoms with E-state index in [0.717, 1.165) is 0 Å². The maximum Gasteiger partial charge on any atom is 0.340 e. The van der Waals surface area contributed by atoms with E-state index in [1.165, 1.54) is 35.4 Å². The Morgan fingerprint density at radius 2 is 1.38 bits per heavy atom. The highest BCUT2D eigenvalue weighted by molar-refractivity contribution is 4.72. The Labute approximate surface area is 77.2 Å². The van der Waals surface area contributed by atoms with Crippen LogP contribution < -0.4 is 0 Å². The van der Waals surface area contributed by atoms with Crippen LogP contribution in [0.3, 0.4) is 0 Å². The smallest absolute Gasteiger partial charge is 0.340 e. The molecule has 0 saturated carbocycles. The molecule has 0 aromatic heterocycles. The van der Waals surface area contributed by atoms with Gasteiger partial charge in [0.15, 0.2) is 0 Å². The molecule has 0 saturated heterocycles. The van der Waals surface area contributed by atoms with Gasteiger partial charge >= 0.3 is 5.97 Å². The van der Waals surface area contributed by atoms with Crippen LogP contribution in [0.25, 0.3) is 0 Å². The number of aliphatic hydroxyl groups is 1. The van der Waals surface area contributed by atoms with E-state index in [2.05, 4.69) is 4.89 Å². The van der Waals surface area contributed by atoms with Crippen LogP contribution in [0.15, 0.2) is 0 Å². The molecule has 0 aliphatic rings. The number of methoxy groups -OCH3 is 3. The summed E-state index contributed by atoms with van der Waals surface area (Å²) in [7, 11) is 5.10. The van der Waals surface area contributed by atoms with Gasteiger partial charge in [0, 0.05) is 28.3 Å². The van der Waals surface area contributed by atoms with Crippen molar-refractivity contribution in [1.29, 1.82) is 0 Å². The molecule has 0 heterocycles. The summed E-state index contributed by atoms with van der Waals surface area (Å²) in [6, 6.07) is 0. The minimum absolute atomic E-state index is 1.25. The van der Waals surface area contributed by atoms with Gasteiger partial charge in [-0.2, -0.15) is 4.89 Å². The minimum atomic E-state index is -2.03. The first-order chi connectivity index (χ1) is 5.99. The summed E-state index contributed by atoms with van der Waals surface area (Å²) in [6.45, 7) is 1.41. The van der Waals surface area contributed by atoms with E-state index in [9.17, 15) is 5.11 Å². The van der Waals surface area contributed by atoms with Gasteiger partial charge in [0.25, 0.3) is 5.79 Å². The van der Waals surface area contributed by atoms with Crippen molar-refractivity contribution in [3.8, 4) is 0 Å². The first-order valence-electron chi connectivity index (χ1n) is 3.59. The summed E-state index contributed by atoms with van der Waals surface area (Å²) in [5.41, 5.74) is 0. The molecule has 0 bridgehead atoms. The Morgan fingerprint density at radius 1 is 0.923 bits per heavy atom. The standard InChI is InChI=1S/C7H16O6/c1-6(9-2,13-12-5)7(8,10-3)11-4/h8H,1-5H3. The molecule has 0 aromatic rings. The zero-order valence-corrected chi connectivity index (χ0v) is 8.49. The van der Waals surface area contributed by atoms with Crippen LogP contribution in [0.2, 0.25) is 0 Å². The Bertz CT molecular complexity index is 146. The third-order valence-corrected chi connectivity index (χ3v) is 1.76. The van der Waals surface area contributed by atoms with Gasteiger partial charge in [-0.3, -0.25) is 0 Å². The summed E-state index contributed by atoms with van der Waals surface area (Å²) in [4.78, 5) is 9.11. The van der Waals surface area contributed by atoms with E-state index in [4.69, 9.17) is 19.1 Å². The van der Waals surface area contributed by atoms with Crippen LogP contribution in [0.1, 0.15) is 6.92 Å². The summed E-state index contributed by atoms with van der Waals surface area (Å²) in [5, 5.41) is 9.70. The molecule has 0 radical (unpaired) electrons. The average Bonchev–Trinajstić information content (AvgIpc) is 2.16. The molecule has 80 valence electrons. The molecule has 0 spiro atoms. The van der Waals surface area contributed by atoms with Gasteiger partial charge in [0.05, 0.1) is 7.11 Å². The van der Waals surface area contributed by atoms with Crippen molar-refractivity contribution in [2.24, 2.45) is 0 Å². The van der Waals surface area contributed by atoms with E-state index in [-0.39, 0.29) is 0 Å². The lowest BCUT2D eigenvalue weighted by molar-refractivity contribution is -0.530.